The topological polar surface area (TPSA) is 86.1 Å². The lowest BCUT2D eigenvalue weighted by atomic mass is 9.87. The Labute approximate surface area is 192 Å². The smallest absolute Gasteiger partial charge is 0.341 e. The molecule has 1 saturated carbocycles. The number of hydrogen-bond donors (Lipinski definition) is 1. The lowest BCUT2D eigenvalue weighted by molar-refractivity contribution is -0.113. The number of aryl methyl sites for hydroxylation is 1. The van der Waals surface area contributed by atoms with E-state index >= 15 is 0 Å². The third kappa shape index (κ3) is 5.88. The predicted molar refractivity (Wildman–Crippen MR) is 125 cm³/mol. The summed E-state index contributed by atoms with van der Waals surface area (Å²) in [6.45, 7) is 8.75. The van der Waals surface area contributed by atoms with Gasteiger partial charge in [0.15, 0.2) is 5.16 Å². The van der Waals surface area contributed by atoms with E-state index in [-0.39, 0.29) is 11.7 Å². The Balaban J connectivity index is 1.62. The summed E-state index contributed by atoms with van der Waals surface area (Å²) in [7, 11) is 0. The van der Waals surface area contributed by atoms with Gasteiger partial charge in [0.1, 0.15) is 10.8 Å². The highest BCUT2D eigenvalue weighted by molar-refractivity contribution is 7.99. The summed E-state index contributed by atoms with van der Waals surface area (Å²) < 4.78 is 7.28. The van der Waals surface area contributed by atoms with Crippen LogP contribution < -0.4 is 5.32 Å². The maximum atomic E-state index is 12.6. The molecule has 0 unspecified atom stereocenters. The standard InChI is InChI=1S/C22H32N4O3S2/c1-5-26-17(12-16-10-8-7-9-11-16)24-25-22(26)30-13-18(27)23-20-19(21(28)29-6-2)14(3)15(4)31-20/h16H,5-13H2,1-4H3,(H,23,27). The number of carbonyl (C=O) groups excluding carboxylic acids is 2. The third-order valence-corrected chi connectivity index (χ3v) is 7.85. The van der Waals surface area contributed by atoms with Crippen LogP contribution in [0.3, 0.4) is 0 Å². The number of nitrogens with zero attached hydrogens (tertiary/aromatic N) is 3. The summed E-state index contributed by atoms with van der Waals surface area (Å²) in [5.41, 5.74) is 1.30. The van der Waals surface area contributed by atoms with E-state index < -0.39 is 5.97 Å². The van der Waals surface area contributed by atoms with Crippen molar-refractivity contribution < 1.29 is 14.3 Å². The zero-order valence-corrected chi connectivity index (χ0v) is 20.5. The fraction of sp³-hybridized carbons (Fsp3) is 0.636. The van der Waals surface area contributed by atoms with Gasteiger partial charge in [-0.1, -0.05) is 43.9 Å². The summed E-state index contributed by atoms with van der Waals surface area (Å²) in [6.07, 6.45) is 7.46. The van der Waals surface area contributed by atoms with Gasteiger partial charge in [0, 0.05) is 17.8 Å². The molecule has 1 fully saturated rings. The van der Waals surface area contributed by atoms with Crippen molar-refractivity contribution in [2.75, 3.05) is 17.7 Å². The van der Waals surface area contributed by atoms with Crippen molar-refractivity contribution in [1.29, 1.82) is 0 Å². The lowest BCUT2D eigenvalue weighted by Crippen LogP contribution is -2.17. The van der Waals surface area contributed by atoms with Gasteiger partial charge < -0.3 is 14.6 Å². The molecule has 0 spiro atoms. The monoisotopic (exact) mass is 464 g/mol. The van der Waals surface area contributed by atoms with Crippen LogP contribution in [0.15, 0.2) is 5.16 Å². The van der Waals surface area contributed by atoms with Crippen molar-refractivity contribution in [1.82, 2.24) is 14.8 Å². The summed E-state index contributed by atoms with van der Waals surface area (Å²) >= 11 is 2.78. The summed E-state index contributed by atoms with van der Waals surface area (Å²) in [5.74, 6) is 1.35. The van der Waals surface area contributed by atoms with Crippen LogP contribution in [0, 0.1) is 19.8 Å². The Hall–Kier alpha value is -1.87. The molecule has 0 aliphatic heterocycles. The molecule has 0 bridgehead atoms. The second-order valence-corrected chi connectivity index (χ2v) is 10.1. The van der Waals surface area contributed by atoms with E-state index in [0.29, 0.717) is 23.1 Å². The summed E-state index contributed by atoms with van der Waals surface area (Å²) in [6, 6.07) is 0. The van der Waals surface area contributed by atoms with E-state index in [2.05, 4.69) is 27.0 Å². The molecule has 1 N–H and O–H groups in total. The van der Waals surface area contributed by atoms with Crippen molar-refractivity contribution in [2.24, 2.45) is 5.92 Å². The van der Waals surface area contributed by atoms with E-state index in [0.717, 1.165) is 34.4 Å². The first-order valence-corrected chi connectivity index (χ1v) is 12.9. The van der Waals surface area contributed by atoms with E-state index in [1.807, 2.05) is 13.8 Å². The van der Waals surface area contributed by atoms with Gasteiger partial charge in [-0.25, -0.2) is 4.79 Å². The van der Waals surface area contributed by atoms with Gasteiger partial charge in [-0.15, -0.1) is 21.5 Å². The summed E-state index contributed by atoms with van der Waals surface area (Å²) in [5, 5.41) is 13.0. The molecular formula is C22H32N4O3S2. The highest BCUT2D eigenvalue weighted by atomic mass is 32.2. The molecule has 2 aromatic rings. The second-order valence-electron chi connectivity index (χ2n) is 7.90. The van der Waals surface area contributed by atoms with Crippen molar-refractivity contribution >= 4 is 40.0 Å². The minimum Gasteiger partial charge on any atom is -0.462 e. The van der Waals surface area contributed by atoms with E-state index in [4.69, 9.17) is 4.74 Å². The first-order chi connectivity index (χ1) is 14.9. The van der Waals surface area contributed by atoms with Crippen LogP contribution in [0.5, 0.6) is 0 Å². The van der Waals surface area contributed by atoms with Gasteiger partial charge in [-0.2, -0.15) is 0 Å². The van der Waals surface area contributed by atoms with Crippen molar-refractivity contribution in [3.8, 4) is 0 Å². The zero-order chi connectivity index (χ0) is 22.4. The molecule has 170 valence electrons. The Morgan fingerprint density at radius 1 is 1.19 bits per heavy atom. The van der Waals surface area contributed by atoms with Gasteiger partial charge in [0.2, 0.25) is 5.91 Å². The fourth-order valence-electron chi connectivity index (χ4n) is 4.00. The van der Waals surface area contributed by atoms with Crippen LogP contribution in [0.2, 0.25) is 0 Å². The predicted octanol–water partition coefficient (Wildman–Crippen LogP) is 5.01. The molecule has 0 radical (unpaired) electrons. The quantitative estimate of drug-likeness (QED) is 0.415. The third-order valence-electron chi connectivity index (χ3n) is 5.76. The SMILES string of the molecule is CCOC(=O)c1c(NC(=O)CSc2nnc(CC3CCCCC3)n2CC)sc(C)c1C. The molecular weight excluding hydrogens is 432 g/mol. The number of thiophene rings is 1. The maximum Gasteiger partial charge on any atom is 0.341 e. The molecule has 7 nitrogen and oxygen atoms in total. The number of hydrogen-bond acceptors (Lipinski definition) is 7. The molecule has 0 atom stereocenters. The molecule has 2 aromatic heterocycles. The molecule has 2 heterocycles. The van der Waals surface area contributed by atoms with Gasteiger partial charge in [0.05, 0.1) is 17.9 Å². The Morgan fingerprint density at radius 2 is 1.94 bits per heavy atom. The number of ether oxygens (including phenoxy) is 1. The van der Waals surface area contributed by atoms with Gasteiger partial charge in [0.25, 0.3) is 0 Å². The molecule has 1 aliphatic carbocycles. The lowest BCUT2D eigenvalue weighted by Gasteiger charge is -2.21. The number of nitrogens with one attached hydrogen (secondary N) is 1. The minimum absolute atomic E-state index is 0.170. The molecule has 1 aliphatic rings. The van der Waals surface area contributed by atoms with Crippen LogP contribution in [0.25, 0.3) is 0 Å². The number of aromatic nitrogens is 3. The van der Waals surface area contributed by atoms with Crippen LogP contribution >= 0.6 is 23.1 Å². The van der Waals surface area contributed by atoms with Crippen LogP contribution in [0.4, 0.5) is 5.00 Å². The highest BCUT2D eigenvalue weighted by Gasteiger charge is 2.23. The molecule has 0 saturated heterocycles. The number of rotatable bonds is 9. The Bertz CT molecular complexity index is 916. The van der Waals surface area contributed by atoms with Crippen LogP contribution in [-0.4, -0.2) is 39.0 Å². The van der Waals surface area contributed by atoms with E-state index in [1.54, 1.807) is 6.92 Å². The maximum absolute atomic E-state index is 12.6. The van der Waals surface area contributed by atoms with Crippen LogP contribution in [0.1, 0.15) is 72.6 Å². The minimum atomic E-state index is -0.398. The Morgan fingerprint density at radius 3 is 2.61 bits per heavy atom. The first kappa shape index (κ1) is 23.8. The molecule has 9 heteroatoms. The summed E-state index contributed by atoms with van der Waals surface area (Å²) in [4.78, 5) is 25.9. The van der Waals surface area contributed by atoms with Gasteiger partial charge in [-0.3, -0.25) is 4.79 Å². The van der Waals surface area contributed by atoms with Crippen molar-refractivity contribution in [2.45, 2.75) is 77.9 Å². The van der Waals surface area contributed by atoms with Gasteiger partial charge >= 0.3 is 5.97 Å². The average molecular weight is 465 g/mol. The molecule has 0 aromatic carbocycles. The van der Waals surface area contributed by atoms with Gasteiger partial charge in [-0.05, 0) is 39.2 Å². The molecule has 3 rings (SSSR count). The average Bonchev–Trinajstić information content (AvgIpc) is 3.26. The molecule has 31 heavy (non-hydrogen) atoms. The fourth-order valence-corrected chi connectivity index (χ4v) is 5.89. The van der Waals surface area contributed by atoms with Crippen LogP contribution in [-0.2, 0) is 22.5 Å². The zero-order valence-electron chi connectivity index (χ0n) is 18.8. The van der Waals surface area contributed by atoms with Crippen molar-refractivity contribution in [3.63, 3.8) is 0 Å². The van der Waals surface area contributed by atoms with Crippen molar-refractivity contribution in [3.05, 3.63) is 21.8 Å². The van der Waals surface area contributed by atoms with E-state index in [9.17, 15) is 9.59 Å². The normalized spacial score (nSPS) is 14.6. The second kappa shape index (κ2) is 11.1. The highest BCUT2D eigenvalue weighted by Crippen LogP contribution is 2.33. The number of thioether (sulfide) groups is 1. The number of carbonyl (C=O) groups is 2. The number of amides is 1. The number of anilines is 1. The van der Waals surface area contributed by atoms with E-state index in [1.165, 1.54) is 55.2 Å². The number of esters is 1. The molecule has 1 amide bonds. The largest absolute Gasteiger partial charge is 0.462 e. The first-order valence-electron chi connectivity index (χ1n) is 11.1. The Kier molecular flexibility index (Phi) is 8.54.